The Kier molecular flexibility index (Phi) is 8.43. The Morgan fingerprint density at radius 2 is 1.98 bits per heavy atom. The first kappa shape index (κ1) is 33.4. The molecule has 49 heavy (non-hydrogen) atoms. The zero-order valence-corrected chi connectivity index (χ0v) is 27.0. The summed E-state index contributed by atoms with van der Waals surface area (Å²) in [6, 6.07) is 0. The number of carbonyl (C=O) groups excluding carboxylic acids is 1. The van der Waals surface area contributed by atoms with Gasteiger partial charge in [-0.2, -0.15) is 22.8 Å². The number of rotatable bonds is 4. The first-order valence-corrected chi connectivity index (χ1v) is 17.5. The van der Waals surface area contributed by atoms with Gasteiger partial charge in [0.05, 0.1) is 19.0 Å². The number of ether oxygens (including phenoxy) is 2. The third-order valence-corrected chi connectivity index (χ3v) is 9.81. The molecule has 4 aromatic rings. The number of carbonyl (C=O) groups is 1. The average molecular weight is 731 g/mol. The van der Waals surface area contributed by atoms with E-state index in [1.165, 1.54) is 6.33 Å². The zero-order chi connectivity index (χ0) is 34.8. The second kappa shape index (κ2) is 12.4. The number of hydrogen-bond acceptors (Lipinski definition) is 17. The number of anilines is 2. The van der Waals surface area contributed by atoms with Gasteiger partial charge in [-0.1, -0.05) is 19.1 Å². The maximum atomic E-state index is 15.9. The number of amides is 1. The molecule has 23 nitrogen and oxygen atoms in total. The van der Waals surface area contributed by atoms with Crippen molar-refractivity contribution in [2.75, 3.05) is 24.2 Å². The number of aromatic nitrogens is 9. The normalized spacial score (nSPS) is 32.1. The van der Waals surface area contributed by atoms with Gasteiger partial charge in [-0.25, -0.2) is 28.1 Å². The number of alkyl halides is 1. The molecular formula is C23H28FN12O11PS. The number of H-pyrrole nitrogens is 1. The molecular weight excluding hydrogens is 702 g/mol. The highest BCUT2D eigenvalue weighted by Gasteiger charge is 2.52. The van der Waals surface area contributed by atoms with Crippen LogP contribution in [0.3, 0.4) is 0 Å². The highest BCUT2D eigenvalue weighted by atomic mass is 32.2. The molecule has 4 aromatic heterocycles. The predicted molar refractivity (Wildman–Crippen MR) is 159 cm³/mol. The molecule has 8 atom stereocenters. The molecule has 0 spiro atoms. The van der Waals surface area contributed by atoms with Crippen LogP contribution in [0, 0.1) is 5.92 Å². The summed E-state index contributed by atoms with van der Waals surface area (Å²) in [5.41, 5.74) is 4.79. The van der Waals surface area contributed by atoms with Crippen molar-refractivity contribution in [1.82, 2.24) is 49.2 Å². The third kappa shape index (κ3) is 6.39. The Balaban J connectivity index is 1.18. The number of nitrogen functional groups attached to an aromatic ring is 1. The summed E-state index contributed by atoms with van der Waals surface area (Å²) < 4.78 is 87.2. The van der Waals surface area contributed by atoms with Crippen LogP contribution in [0.4, 0.5) is 16.2 Å². The number of imidazole rings is 1. The lowest BCUT2D eigenvalue weighted by Crippen LogP contribution is -2.42. The number of nitrogens with two attached hydrogens (primary N) is 1. The lowest BCUT2D eigenvalue weighted by molar-refractivity contribution is -0.118. The summed E-state index contributed by atoms with van der Waals surface area (Å²) in [6.07, 6.45) is -8.96. The minimum Gasteiger partial charge on any atom is -0.382 e. The van der Waals surface area contributed by atoms with Crippen molar-refractivity contribution >= 4 is 58.1 Å². The summed E-state index contributed by atoms with van der Waals surface area (Å²) in [6.45, 7) is 1.89. The number of fused-ring (bicyclic) bond motifs is 5. The molecule has 1 unspecified atom stereocenters. The SMILES string of the molecule is CC(C)C(=O)Nc1nc2c(nnn2[C@@H]2O[C@@H]3COP(=O)(O)O[C@H]4[C@H](F)[C@H](n5cnc6c(N)ncnc65)O[C@@H]4CNS(=O)(=O)O[C@@H]2C3)c(=O)[nH]1. The van der Waals surface area contributed by atoms with Crippen molar-refractivity contribution in [1.29, 1.82) is 0 Å². The smallest absolute Gasteiger partial charge is 0.382 e. The summed E-state index contributed by atoms with van der Waals surface area (Å²) >= 11 is 0. The standard InChI is InChI=1S/C23H28FN12O11PS/c1-8(2)19(37)31-23-30-18-14(20(38)32-23)33-34-36(18)21-10-3-9(44-21)5-43-48(39,40)46-15-11(4-29-49(41,42)47-10)45-22(12(15)24)35-7-28-13-16(25)26-6-27-17(13)35/h6-12,15,21-22,29H,3-5H2,1-2H3,(H,39,40)(H2,25,26,27)(H2,30,31,32,37,38)/t9-,10+,11+,12-,15+,21+,22+/m0/s1. The molecule has 3 fully saturated rings. The largest absolute Gasteiger partial charge is 0.472 e. The van der Waals surface area contributed by atoms with E-state index in [9.17, 15) is 27.5 Å². The molecule has 264 valence electrons. The van der Waals surface area contributed by atoms with E-state index in [1.54, 1.807) is 13.8 Å². The maximum absolute atomic E-state index is 15.9. The van der Waals surface area contributed by atoms with E-state index in [-0.39, 0.29) is 40.5 Å². The van der Waals surface area contributed by atoms with Crippen LogP contribution in [-0.2, 0) is 42.4 Å². The summed E-state index contributed by atoms with van der Waals surface area (Å²) in [4.78, 5) is 54.0. The average Bonchev–Trinajstić information content (AvgIpc) is 3.80. The minimum absolute atomic E-state index is 0.00379. The van der Waals surface area contributed by atoms with E-state index in [4.69, 9.17) is 28.4 Å². The predicted octanol–water partition coefficient (Wildman–Crippen LogP) is -1.21. The van der Waals surface area contributed by atoms with Crippen LogP contribution < -0.4 is 21.3 Å². The number of halogens is 1. The number of nitrogens with zero attached hydrogens (tertiary/aromatic N) is 8. The Hall–Kier alpha value is -4.07. The van der Waals surface area contributed by atoms with Gasteiger partial charge in [0, 0.05) is 18.9 Å². The zero-order valence-electron chi connectivity index (χ0n) is 25.3. The quantitative estimate of drug-likeness (QED) is 0.154. The van der Waals surface area contributed by atoms with Crippen LogP contribution >= 0.6 is 7.82 Å². The Bertz CT molecular complexity index is 2150. The molecule has 7 rings (SSSR count). The second-order valence-electron chi connectivity index (χ2n) is 11.5. The number of nitrogens with one attached hydrogen (secondary N) is 3. The topological polar surface area (TPSA) is 305 Å². The van der Waals surface area contributed by atoms with Crippen LogP contribution in [0.25, 0.3) is 22.3 Å². The Morgan fingerprint density at radius 1 is 1.18 bits per heavy atom. The molecule has 1 amide bonds. The molecule has 7 heterocycles. The summed E-state index contributed by atoms with van der Waals surface area (Å²) in [5, 5.41) is 10.1. The minimum atomic E-state index is -5.06. The van der Waals surface area contributed by atoms with Crippen LogP contribution in [0.15, 0.2) is 17.4 Å². The monoisotopic (exact) mass is 730 g/mol. The highest BCUT2D eigenvalue weighted by molar-refractivity contribution is 7.84. The fourth-order valence-corrected chi connectivity index (χ4v) is 7.37. The third-order valence-electron chi connectivity index (χ3n) is 7.80. The van der Waals surface area contributed by atoms with E-state index < -0.39 is 91.7 Å². The lowest BCUT2D eigenvalue weighted by Gasteiger charge is -2.24. The second-order valence-corrected chi connectivity index (χ2v) is 14.3. The van der Waals surface area contributed by atoms with E-state index in [1.807, 2.05) is 0 Å². The molecule has 3 aliphatic rings. The van der Waals surface area contributed by atoms with Crippen LogP contribution in [0.5, 0.6) is 0 Å². The van der Waals surface area contributed by atoms with Crippen molar-refractivity contribution in [3.05, 3.63) is 23.0 Å². The lowest BCUT2D eigenvalue weighted by atomic mass is 10.1. The number of hydrogen-bond donors (Lipinski definition) is 5. The van der Waals surface area contributed by atoms with Crippen molar-refractivity contribution < 1.29 is 49.8 Å². The molecule has 6 N–H and O–H groups in total. The molecule has 0 saturated carbocycles. The molecule has 0 aromatic carbocycles. The molecule has 2 bridgehead atoms. The molecule has 3 aliphatic heterocycles. The summed E-state index contributed by atoms with van der Waals surface area (Å²) in [5.74, 6) is -1.14. The van der Waals surface area contributed by atoms with Crippen molar-refractivity contribution in [3.63, 3.8) is 0 Å². The van der Waals surface area contributed by atoms with Gasteiger partial charge in [-0.15, -0.1) is 5.10 Å². The molecule has 3 saturated heterocycles. The number of phosphoric ester groups is 1. The molecule has 0 aliphatic carbocycles. The van der Waals surface area contributed by atoms with Gasteiger partial charge in [0.1, 0.15) is 30.2 Å². The highest BCUT2D eigenvalue weighted by Crippen LogP contribution is 2.50. The van der Waals surface area contributed by atoms with Crippen LogP contribution in [0.1, 0.15) is 32.7 Å². The van der Waals surface area contributed by atoms with E-state index >= 15 is 4.39 Å². The Morgan fingerprint density at radius 3 is 2.76 bits per heavy atom. The van der Waals surface area contributed by atoms with E-state index in [0.717, 1.165) is 15.6 Å². The van der Waals surface area contributed by atoms with Crippen molar-refractivity contribution in [3.8, 4) is 0 Å². The van der Waals surface area contributed by atoms with Gasteiger partial charge in [0.2, 0.25) is 11.9 Å². The van der Waals surface area contributed by atoms with Gasteiger partial charge in [0.25, 0.3) is 5.56 Å². The van der Waals surface area contributed by atoms with Crippen LogP contribution in [-0.4, -0.2) is 107 Å². The van der Waals surface area contributed by atoms with Gasteiger partial charge >= 0.3 is 18.1 Å². The van der Waals surface area contributed by atoms with Gasteiger partial charge in [-0.3, -0.25) is 33.5 Å². The maximum Gasteiger partial charge on any atom is 0.472 e. The van der Waals surface area contributed by atoms with E-state index in [2.05, 4.69) is 45.3 Å². The number of phosphoric acid groups is 1. The first-order chi connectivity index (χ1) is 23.2. The fraction of sp³-hybridized carbons (Fsp3) is 0.565. The van der Waals surface area contributed by atoms with Crippen molar-refractivity contribution in [2.24, 2.45) is 5.92 Å². The summed E-state index contributed by atoms with van der Waals surface area (Å²) in [7, 11) is -9.75. The Labute approximate surface area is 273 Å². The van der Waals surface area contributed by atoms with Crippen molar-refractivity contribution in [2.45, 2.75) is 63.3 Å². The van der Waals surface area contributed by atoms with Gasteiger partial charge in [0.15, 0.2) is 41.3 Å². The fourth-order valence-electron chi connectivity index (χ4n) is 5.46. The molecule has 26 heteroatoms. The first-order valence-electron chi connectivity index (χ1n) is 14.6. The molecule has 0 radical (unpaired) electrons. The van der Waals surface area contributed by atoms with E-state index in [0.29, 0.717) is 0 Å². The van der Waals surface area contributed by atoms with Crippen LogP contribution in [0.2, 0.25) is 0 Å². The van der Waals surface area contributed by atoms with Gasteiger partial charge in [-0.05, 0) is 0 Å². The number of aromatic amines is 1. The van der Waals surface area contributed by atoms with Gasteiger partial charge < -0.3 is 20.1 Å².